The zero-order valence-corrected chi connectivity index (χ0v) is 12.8. The molecule has 1 N–H and O–H groups in total. The Bertz CT molecular complexity index is 449. The number of ether oxygens (including phenoxy) is 1. The van der Waals surface area contributed by atoms with Gasteiger partial charge in [0.15, 0.2) is 0 Å². The Kier molecular flexibility index (Phi) is 4.85. The van der Waals surface area contributed by atoms with Crippen molar-refractivity contribution in [3.63, 3.8) is 0 Å². The predicted octanol–water partition coefficient (Wildman–Crippen LogP) is 3.55. The van der Waals surface area contributed by atoms with E-state index in [2.05, 4.69) is 23.5 Å². The molecule has 0 spiro atoms. The molecule has 1 aromatic rings. The molecule has 1 saturated carbocycles. The molecule has 1 aliphatic carbocycles. The smallest absolute Gasteiger partial charge is 0.122 e. The first-order valence-corrected chi connectivity index (χ1v) is 8.44. The molecule has 0 bridgehead atoms. The number of halogens is 1. The molecule has 3 heteroatoms. The molecule has 1 aromatic carbocycles. The van der Waals surface area contributed by atoms with Crippen molar-refractivity contribution >= 4 is 11.6 Å². The Morgan fingerprint density at radius 2 is 2.15 bits per heavy atom. The number of hydrogen-bond donors (Lipinski definition) is 1. The van der Waals surface area contributed by atoms with E-state index in [1.165, 1.54) is 36.8 Å². The van der Waals surface area contributed by atoms with E-state index in [9.17, 15) is 0 Å². The molecule has 0 saturated heterocycles. The minimum Gasteiger partial charge on any atom is -0.493 e. The van der Waals surface area contributed by atoms with Crippen molar-refractivity contribution in [1.82, 2.24) is 5.32 Å². The van der Waals surface area contributed by atoms with Crippen molar-refractivity contribution < 1.29 is 4.74 Å². The standard InChI is InChI=1S/C17H24ClNO/c18-12-15-3-1-2-4-16(15)19-9-7-13-5-6-17-14(11-13)8-10-20-17/h5-6,11,15-16,19H,1-4,7-10,12H2. The van der Waals surface area contributed by atoms with Crippen LogP contribution in [0, 0.1) is 5.92 Å². The van der Waals surface area contributed by atoms with E-state index in [-0.39, 0.29) is 0 Å². The van der Waals surface area contributed by atoms with Crippen LogP contribution in [0.1, 0.15) is 36.8 Å². The summed E-state index contributed by atoms with van der Waals surface area (Å²) in [6.07, 6.45) is 7.43. The zero-order valence-electron chi connectivity index (χ0n) is 12.0. The highest BCUT2D eigenvalue weighted by molar-refractivity contribution is 6.18. The Balaban J connectivity index is 1.49. The summed E-state index contributed by atoms with van der Waals surface area (Å²) in [7, 11) is 0. The molecule has 1 fully saturated rings. The quantitative estimate of drug-likeness (QED) is 0.838. The van der Waals surface area contributed by atoms with Gasteiger partial charge >= 0.3 is 0 Å². The van der Waals surface area contributed by atoms with Crippen LogP contribution >= 0.6 is 11.6 Å². The molecule has 2 nitrogen and oxygen atoms in total. The number of nitrogens with one attached hydrogen (secondary N) is 1. The molecule has 1 aliphatic heterocycles. The lowest BCUT2D eigenvalue weighted by Crippen LogP contribution is -2.40. The van der Waals surface area contributed by atoms with Gasteiger partial charge in [-0.1, -0.05) is 25.0 Å². The first kappa shape index (κ1) is 14.2. The van der Waals surface area contributed by atoms with Crippen molar-refractivity contribution in [1.29, 1.82) is 0 Å². The Labute approximate surface area is 126 Å². The highest BCUT2D eigenvalue weighted by atomic mass is 35.5. The lowest BCUT2D eigenvalue weighted by atomic mass is 9.85. The Morgan fingerprint density at radius 1 is 1.25 bits per heavy atom. The van der Waals surface area contributed by atoms with Gasteiger partial charge in [-0.05, 0) is 48.9 Å². The van der Waals surface area contributed by atoms with E-state index in [4.69, 9.17) is 16.3 Å². The second-order valence-corrected chi connectivity index (χ2v) is 6.36. The highest BCUT2D eigenvalue weighted by Crippen LogP contribution is 2.27. The molecule has 0 radical (unpaired) electrons. The fourth-order valence-electron chi connectivity index (χ4n) is 3.46. The summed E-state index contributed by atoms with van der Waals surface area (Å²) < 4.78 is 5.55. The van der Waals surface area contributed by atoms with Gasteiger partial charge in [0.25, 0.3) is 0 Å². The van der Waals surface area contributed by atoms with Crippen molar-refractivity contribution in [3.05, 3.63) is 29.3 Å². The summed E-state index contributed by atoms with van der Waals surface area (Å²) in [6, 6.07) is 7.26. The maximum Gasteiger partial charge on any atom is 0.122 e. The molecule has 0 aromatic heterocycles. The maximum atomic E-state index is 6.08. The molecular formula is C17H24ClNO. The maximum absolute atomic E-state index is 6.08. The van der Waals surface area contributed by atoms with Crippen LogP contribution in [0.3, 0.4) is 0 Å². The largest absolute Gasteiger partial charge is 0.493 e. The monoisotopic (exact) mass is 293 g/mol. The van der Waals surface area contributed by atoms with E-state index in [0.717, 1.165) is 37.6 Å². The first-order chi connectivity index (χ1) is 9.86. The number of rotatable bonds is 5. The third-order valence-electron chi connectivity index (χ3n) is 4.68. The zero-order chi connectivity index (χ0) is 13.8. The number of fused-ring (bicyclic) bond motifs is 1. The fraction of sp³-hybridized carbons (Fsp3) is 0.647. The van der Waals surface area contributed by atoms with Gasteiger partial charge in [-0.2, -0.15) is 0 Å². The minimum absolute atomic E-state index is 0.624. The lowest BCUT2D eigenvalue weighted by molar-refractivity contribution is 0.285. The summed E-state index contributed by atoms with van der Waals surface area (Å²) in [5, 5.41) is 3.72. The minimum atomic E-state index is 0.624. The van der Waals surface area contributed by atoms with Gasteiger partial charge < -0.3 is 10.1 Å². The van der Waals surface area contributed by atoms with Crippen LogP contribution in [-0.4, -0.2) is 25.1 Å². The number of benzene rings is 1. The molecular weight excluding hydrogens is 270 g/mol. The van der Waals surface area contributed by atoms with Crippen LogP contribution < -0.4 is 10.1 Å². The van der Waals surface area contributed by atoms with Crippen LogP contribution in [0.2, 0.25) is 0 Å². The molecule has 3 rings (SSSR count). The molecule has 110 valence electrons. The second-order valence-electron chi connectivity index (χ2n) is 6.05. The summed E-state index contributed by atoms with van der Waals surface area (Å²) in [4.78, 5) is 0. The normalized spacial score (nSPS) is 25.2. The van der Waals surface area contributed by atoms with Crippen LogP contribution in [-0.2, 0) is 12.8 Å². The summed E-state index contributed by atoms with van der Waals surface area (Å²) in [6.45, 7) is 1.90. The average Bonchev–Trinajstić information content (AvgIpc) is 2.95. The average molecular weight is 294 g/mol. The SMILES string of the molecule is ClCC1CCCCC1NCCc1ccc2c(c1)CCO2. The van der Waals surface area contributed by atoms with Gasteiger partial charge in [-0.3, -0.25) is 0 Å². The molecule has 1 heterocycles. The van der Waals surface area contributed by atoms with Crippen LogP contribution in [0.15, 0.2) is 18.2 Å². The van der Waals surface area contributed by atoms with Gasteiger partial charge in [-0.15, -0.1) is 11.6 Å². The van der Waals surface area contributed by atoms with Gasteiger partial charge in [0.05, 0.1) is 6.61 Å². The predicted molar refractivity (Wildman–Crippen MR) is 83.8 cm³/mol. The topological polar surface area (TPSA) is 21.3 Å². The first-order valence-electron chi connectivity index (χ1n) is 7.91. The number of alkyl halides is 1. The second kappa shape index (κ2) is 6.82. The van der Waals surface area contributed by atoms with Crippen molar-refractivity contribution in [2.45, 2.75) is 44.6 Å². The molecule has 2 unspecified atom stereocenters. The molecule has 2 aliphatic rings. The Hall–Kier alpha value is -0.730. The van der Waals surface area contributed by atoms with E-state index >= 15 is 0 Å². The molecule has 0 amide bonds. The van der Waals surface area contributed by atoms with Gasteiger partial charge in [0.1, 0.15) is 5.75 Å². The fourth-order valence-corrected chi connectivity index (χ4v) is 3.83. The van der Waals surface area contributed by atoms with Crippen LogP contribution in [0.25, 0.3) is 0 Å². The van der Waals surface area contributed by atoms with Gasteiger partial charge in [-0.25, -0.2) is 0 Å². The van der Waals surface area contributed by atoms with E-state index in [0.29, 0.717) is 12.0 Å². The summed E-state index contributed by atoms with van der Waals surface area (Å²) in [5.41, 5.74) is 2.79. The summed E-state index contributed by atoms with van der Waals surface area (Å²) in [5.74, 6) is 2.54. The molecule has 2 atom stereocenters. The lowest BCUT2D eigenvalue weighted by Gasteiger charge is -2.31. The summed E-state index contributed by atoms with van der Waals surface area (Å²) >= 11 is 6.08. The van der Waals surface area contributed by atoms with E-state index in [1.807, 2.05) is 0 Å². The van der Waals surface area contributed by atoms with Crippen molar-refractivity contribution in [3.8, 4) is 5.75 Å². The molecule has 20 heavy (non-hydrogen) atoms. The van der Waals surface area contributed by atoms with Crippen molar-refractivity contribution in [2.75, 3.05) is 19.0 Å². The third kappa shape index (κ3) is 3.29. The van der Waals surface area contributed by atoms with Crippen LogP contribution in [0.4, 0.5) is 0 Å². The number of hydrogen-bond acceptors (Lipinski definition) is 2. The Morgan fingerprint density at radius 3 is 3.05 bits per heavy atom. The highest BCUT2D eigenvalue weighted by Gasteiger charge is 2.23. The van der Waals surface area contributed by atoms with E-state index < -0.39 is 0 Å². The third-order valence-corrected chi connectivity index (χ3v) is 5.08. The van der Waals surface area contributed by atoms with Crippen LogP contribution in [0.5, 0.6) is 5.75 Å². The van der Waals surface area contributed by atoms with E-state index in [1.54, 1.807) is 0 Å². The van der Waals surface area contributed by atoms with Crippen molar-refractivity contribution in [2.24, 2.45) is 5.92 Å². The van der Waals surface area contributed by atoms with Gasteiger partial charge in [0, 0.05) is 18.3 Å². The van der Waals surface area contributed by atoms with Gasteiger partial charge in [0.2, 0.25) is 0 Å².